The molecule has 0 spiro atoms. The van der Waals surface area contributed by atoms with E-state index in [0.717, 1.165) is 12.8 Å². The van der Waals surface area contributed by atoms with Gasteiger partial charge < -0.3 is 30.0 Å². The van der Waals surface area contributed by atoms with E-state index in [1.54, 1.807) is 23.3 Å². The number of ether oxygens (including phenoxy) is 3. The maximum atomic E-state index is 10.8. The molecule has 1 aliphatic heterocycles. The van der Waals surface area contributed by atoms with Crippen molar-refractivity contribution in [1.29, 1.82) is 0 Å². The van der Waals surface area contributed by atoms with Crippen LogP contribution in [0.25, 0.3) is 11.2 Å². The lowest BCUT2D eigenvalue weighted by Crippen LogP contribution is -2.36. The Kier molecular flexibility index (Phi) is 5.37. The van der Waals surface area contributed by atoms with Gasteiger partial charge in [-0.15, -0.1) is 0 Å². The zero-order chi connectivity index (χ0) is 19.5. The van der Waals surface area contributed by atoms with E-state index in [1.165, 1.54) is 6.33 Å². The van der Waals surface area contributed by atoms with Crippen LogP contribution < -0.4 is 10.5 Å². The van der Waals surface area contributed by atoms with Gasteiger partial charge in [0, 0.05) is 19.0 Å². The first kappa shape index (κ1) is 18.6. The quantitative estimate of drug-likeness (QED) is 0.473. The Morgan fingerprint density at radius 2 is 2.21 bits per heavy atom. The largest absolute Gasteiger partial charge is 0.462 e. The Morgan fingerprint density at radius 1 is 1.32 bits per heavy atom. The van der Waals surface area contributed by atoms with Gasteiger partial charge in [-0.1, -0.05) is 13.3 Å². The number of fused-ring (bicyclic) bond motifs is 1. The normalized spacial score (nSPS) is 24.8. The summed E-state index contributed by atoms with van der Waals surface area (Å²) in [4.78, 5) is 19.4. The molecule has 0 aliphatic carbocycles. The molecule has 0 amide bonds. The van der Waals surface area contributed by atoms with Gasteiger partial charge in [0.1, 0.15) is 36.8 Å². The highest BCUT2D eigenvalue weighted by molar-refractivity contribution is 5.81. The summed E-state index contributed by atoms with van der Waals surface area (Å²) in [6, 6.07) is 0.358. The van der Waals surface area contributed by atoms with Crippen molar-refractivity contribution in [2.75, 3.05) is 18.9 Å². The minimum absolute atomic E-state index is 0.114. The van der Waals surface area contributed by atoms with Gasteiger partial charge in [0.15, 0.2) is 17.7 Å². The molecule has 3 aromatic rings. The van der Waals surface area contributed by atoms with Gasteiger partial charge in [-0.25, -0.2) is 19.9 Å². The topological polar surface area (TPSA) is 146 Å². The summed E-state index contributed by atoms with van der Waals surface area (Å²) in [5, 5.41) is 10.8. The van der Waals surface area contributed by atoms with Crippen LogP contribution >= 0.6 is 0 Å². The Morgan fingerprint density at radius 3 is 3.00 bits per heavy atom. The number of nitrogens with one attached hydrogen (secondary N) is 1. The number of nitrogens with zero attached hydrogens (tertiary/aromatic N) is 5. The summed E-state index contributed by atoms with van der Waals surface area (Å²) in [6.07, 6.45) is 5.30. The molecule has 11 heteroatoms. The van der Waals surface area contributed by atoms with Crippen LogP contribution in [0.4, 0.5) is 5.82 Å². The molecule has 11 nitrogen and oxygen atoms in total. The van der Waals surface area contributed by atoms with Crippen molar-refractivity contribution in [3.63, 3.8) is 0 Å². The van der Waals surface area contributed by atoms with Crippen LogP contribution in [0.3, 0.4) is 0 Å². The first-order chi connectivity index (χ1) is 13.7. The number of aromatic nitrogens is 6. The van der Waals surface area contributed by atoms with Crippen molar-refractivity contribution in [3.8, 4) is 6.01 Å². The van der Waals surface area contributed by atoms with Crippen molar-refractivity contribution in [1.82, 2.24) is 29.5 Å². The summed E-state index contributed by atoms with van der Waals surface area (Å²) in [5.41, 5.74) is 6.87. The minimum Gasteiger partial charge on any atom is -0.462 e. The van der Waals surface area contributed by atoms with E-state index >= 15 is 0 Å². The number of anilines is 1. The highest BCUT2D eigenvalue weighted by Crippen LogP contribution is 2.34. The van der Waals surface area contributed by atoms with E-state index in [4.69, 9.17) is 19.9 Å². The van der Waals surface area contributed by atoms with Crippen LogP contribution in [0.5, 0.6) is 6.01 Å². The third-order valence-corrected chi connectivity index (χ3v) is 4.64. The van der Waals surface area contributed by atoms with Crippen LogP contribution in [0.1, 0.15) is 26.0 Å². The van der Waals surface area contributed by atoms with E-state index < -0.39 is 24.5 Å². The first-order valence-electron chi connectivity index (χ1n) is 9.19. The fraction of sp³-hybridized carbons (Fsp3) is 0.529. The Balaban J connectivity index is 1.57. The predicted octanol–water partition coefficient (Wildman–Crippen LogP) is 0.654. The molecule has 1 aliphatic rings. The minimum atomic E-state index is -0.895. The monoisotopic (exact) mass is 389 g/mol. The molecule has 3 aromatic heterocycles. The number of hydrogen-bond donors (Lipinski definition) is 3. The number of rotatable bonds is 8. The lowest BCUT2D eigenvalue weighted by Gasteiger charge is -2.22. The number of nitrogen functional groups attached to an aromatic ring is 1. The lowest BCUT2D eigenvalue weighted by molar-refractivity contribution is -0.0701. The number of hydrogen-bond acceptors (Lipinski definition) is 9. The molecule has 4 N–H and O–H groups in total. The van der Waals surface area contributed by atoms with Gasteiger partial charge >= 0.3 is 0 Å². The molecule has 1 saturated heterocycles. The molecule has 1 fully saturated rings. The van der Waals surface area contributed by atoms with E-state index in [2.05, 4.69) is 31.8 Å². The SMILES string of the molecule is CCCCO[C@@H]1[C@H](O)[C@@H](COc2ncc[nH]2)O[C@H]1n1cnc2c(N)ncnc21. The van der Waals surface area contributed by atoms with Gasteiger partial charge in [0.05, 0.1) is 6.33 Å². The summed E-state index contributed by atoms with van der Waals surface area (Å²) in [6.45, 7) is 2.70. The second kappa shape index (κ2) is 8.09. The van der Waals surface area contributed by atoms with Crippen molar-refractivity contribution in [2.45, 2.75) is 44.3 Å². The number of unbranched alkanes of at least 4 members (excludes halogenated alkanes) is 1. The fourth-order valence-electron chi connectivity index (χ4n) is 3.17. The second-order valence-electron chi connectivity index (χ2n) is 6.53. The van der Waals surface area contributed by atoms with Crippen molar-refractivity contribution in [2.24, 2.45) is 0 Å². The van der Waals surface area contributed by atoms with E-state index in [9.17, 15) is 5.11 Å². The Bertz CT molecular complexity index is 900. The lowest BCUT2D eigenvalue weighted by atomic mass is 10.1. The number of aliphatic hydroxyl groups is 1. The summed E-state index contributed by atoms with van der Waals surface area (Å²) < 4.78 is 19.3. The molecule has 0 bridgehead atoms. The van der Waals surface area contributed by atoms with Crippen molar-refractivity contribution < 1.29 is 19.3 Å². The van der Waals surface area contributed by atoms with E-state index in [1.807, 2.05) is 0 Å². The number of imidazole rings is 2. The molecular formula is C17H23N7O4. The van der Waals surface area contributed by atoms with Gasteiger partial charge in [0.2, 0.25) is 0 Å². The molecule has 4 heterocycles. The molecule has 4 rings (SSSR count). The zero-order valence-corrected chi connectivity index (χ0v) is 15.4. The summed E-state index contributed by atoms with van der Waals surface area (Å²) in [5.74, 6) is 0.281. The van der Waals surface area contributed by atoms with Gasteiger partial charge in [-0.05, 0) is 6.42 Å². The average Bonchev–Trinajstić information content (AvgIpc) is 3.41. The second-order valence-corrected chi connectivity index (χ2v) is 6.53. The van der Waals surface area contributed by atoms with Crippen LogP contribution in [-0.2, 0) is 9.47 Å². The molecule has 0 radical (unpaired) electrons. The van der Waals surface area contributed by atoms with Crippen molar-refractivity contribution >= 4 is 17.0 Å². The highest BCUT2D eigenvalue weighted by Gasteiger charge is 2.46. The van der Waals surface area contributed by atoms with Crippen LogP contribution in [0.15, 0.2) is 25.0 Å². The molecule has 150 valence electrons. The number of aromatic amines is 1. The Hall–Kier alpha value is -2.76. The summed E-state index contributed by atoms with van der Waals surface area (Å²) in [7, 11) is 0. The number of H-pyrrole nitrogens is 1. The molecule has 0 aromatic carbocycles. The molecule has 0 unspecified atom stereocenters. The third-order valence-electron chi connectivity index (χ3n) is 4.64. The van der Waals surface area contributed by atoms with Crippen LogP contribution in [0.2, 0.25) is 0 Å². The van der Waals surface area contributed by atoms with Crippen molar-refractivity contribution in [3.05, 3.63) is 25.0 Å². The summed E-state index contributed by atoms with van der Waals surface area (Å²) >= 11 is 0. The molecule has 4 atom stereocenters. The first-order valence-corrected chi connectivity index (χ1v) is 9.19. The predicted molar refractivity (Wildman–Crippen MR) is 98.4 cm³/mol. The highest BCUT2D eigenvalue weighted by atomic mass is 16.6. The standard InChI is InChI=1S/C17H23N7O4/c1-2-3-6-26-13-12(25)10(7-27-17-19-4-5-20-17)28-16(13)24-9-23-11-14(18)21-8-22-15(11)24/h4-5,8-10,12-13,16,25H,2-3,6-7H2,1H3,(H,19,20)(H2,18,21,22)/t10-,12-,13-,16-/m1/s1. The molecule has 0 saturated carbocycles. The van der Waals surface area contributed by atoms with Crippen LogP contribution in [0, 0.1) is 0 Å². The maximum absolute atomic E-state index is 10.8. The smallest absolute Gasteiger partial charge is 0.293 e. The van der Waals surface area contributed by atoms with E-state index in [-0.39, 0.29) is 12.4 Å². The van der Waals surface area contributed by atoms with Gasteiger partial charge in [-0.3, -0.25) is 4.57 Å². The van der Waals surface area contributed by atoms with Gasteiger partial charge in [-0.2, -0.15) is 0 Å². The van der Waals surface area contributed by atoms with E-state index in [0.29, 0.717) is 23.8 Å². The Labute approximate surface area is 160 Å². The maximum Gasteiger partial charge on any atom is 0.293 e. The number of aliphatic hydroxyl groups excluding tert-OH is 1. The van der Waals surface area contributed by atoms with Gasteiger partial charge in [0.25, 0.3) is 6.01 Å². The third kappa shape index (κ3) is 3.51. The van der Waals surface area contributed by atoms with Crippen LogP contribution in [-0.4, -0.2) is 66.1 Å². The molecule has 28 heavy (non-hydrogen) atoms. The fourth-order valence-corrected chi connectivity index (χ4v) is 3.17. The number of nitrogens with two attached hydrogens (primary N) is 1. The average molecular weight is 389 g/mol. The molecular weight excluding hydrogens is 366 g/mol. The zero-order valence-electron chi connectivity index (χ0n) is 15.4.